The molecule has 5 aromatic rings. The van der Waals surface area contributed by atoms with Gasteiger partial charge in [-0.2, -0.15) is 0 Å². The lowest BCUT2D eigenvalue weighted by Gasteiger charge is -2.24. The van der Waals surface area contributed by atoms with Crippen molar-refractivity contribution in [2.24, 2.45) is 5.14 Å². The molecule has 5 rings (SSSR count). The number of ether oxygens (including phenoxy) is 1. The number of alkyl carbamates (subject to hydrolysis) is 1. The summed E-state index contributed by atoms with van der Waals surface area (Å²) in [6.07, 6.45) is 0.317. The molecule has 0 radical (unpaired) electrons. The van der Waals surface area contributed by atoms with Crippen LogP contribution >= 0.6 is 0 Å². The zero-order valence-corrected chi connectivity index (χ0v) is 26.4. The lowest BCUT2D eigenvalue weighted by molar-refractivity contribution is -0.118. The Balaban J connectivity index is 1.29. The number of amidine groups is 1. The van der Waals surface area contributed by atoms with E-state index >= 15 is 0 Å². The van der Waals surface area contributed by atoms with Crippen LogP contribution in [0.2, 0.25) is 0 Å². The number of para-hydroxylation sites is 1. The van der Waals surface area contributed by atoms with Crippen LogP contribution in [0.3, 0.4) is 0 Å². The molecule has 0 saturated carbocycles. The maximum Gasteiger partial charge on any atom is 0.413 e. The first-order valence-corrected chi connectivity index (χ1v) is 16.3. The molecule has 0 aliphatic rings. The Morgan fingerprint density at radius 3 is 2.28 bits per heavy atom. The van der Waals surface area contributed by atoms with E-state index in [-0.39, 0.29) is 29.6 Å². The van der Waals surface area contributed by atoms with Gasteiger partial charge in [0, 0.05) is 23.0 Å². The highest BCUT2D eigenvalue weighted by atomic mass is 32.2. The third-order valence-corrected chi connectivity index (χ3v) is 8.32. The number of nitrogens with two attached hydrogens (primary N) is 1. The molecule has 238 valence electrons. The monoisotopic (exact) mass is 647 g/mol. The van der Waals surface area contributed by atoms with Crippen LogP contribution in [0, 0.1) is 5.41 Å². The molecule has 0 fully saturated rings. The Labute approximate surface area is 273 Å². The minimum absolute atomic E-state index is 0.0283. The number of carbonyl (C=O) groups excluding carboxylic acids is 2. The number of nitrogens with zero attached hydrogens (tertiary/aromatic N) is 2. The smallest absolute Gasteiger partial charge is 0.413 e. The van der Waals surface area contributed by atoms with E-state index in [0.717, 1.165) is 11.1 Å². The van der Waals surface area contributed by atoms with Crippen LogP contribution in [0.1, 0.15) is 35.4 Å². The molecule has 0 bridgehead atoms. The number of pyridine rings is 1. The van der Waals surface area contributed by atoms with Gasteiger partial charge in [-0.15, -0.1) is 0 Å². The minimum Gasteiger partial charge on any atom is -0.440 e. The molecular formula is C36H33N5O5S. The number of primary sulfonamides is 1. The lowest BCUT2D eigenvalue weighted by Crippen LogP contribution is -2.33. The van der Waals surface area contributed by atoms with Crippen LogP contribution in [0.25, 0.3) is 11.1 Å². The molecule has 10 nitrogen and oxygen atoms in total. The van der Waals surface area contributed by atoms with Crippen LogP contribution in [0.5, 0.6) is 0 Å². The standard InChI is InChI=1S/C36H33N5O5S/c1-25(32-15-7-8-21-39-32)46-36(43)40-35(37)29-11-9-10-27(22-29)24-41(30-12-3-2-4-13-30)34(42)23-26-17-19-28(20-18-26)31-14-5-6-16-33(31)47(38,44)45/h2-22,25H,23-24H2,1H3,(H2,37,40,43)(H2,38,44,45). The van der Waals surface area contributed by atoms with E-state index in [9.17, 15) is 18.0 Å². The summed E-state index contributed by atoms with van der Waals surface area (Å²) in [4.78, 5) is 32.1. The van der Waals surface area contributed by atoms with Crippen molar-refractivity contribution in [1.29, 1.82) is 5.41 Å². The van der Waals surface area contributed by atoms with E-state index in [4.69, 9.17) is 15.3 Å². The summed E-state index contributed by atoms with van der Waals surface area (Å²) in [5.41, 5.74) is 4.36. The summed E-state index contributed by atoms with van der Waals surface area (Å²) >= 11 is 0. The summed E-state index contributed by atoms with van der Waals surface area (Å²) in [5, 5.41) is 16.3. The Morgan fingerprint density at radius 1 is 0.872 bits per heavy atom. The zero-order chi connectivity index (χ0) is 33.4. The van der Waals surface area contributed by atoms with Gasteiger partial charge < -0.3 is 9.64 Å². The van der Waals surface area contributed by atoms with Gasteiger partial charge in [0.25, 0.3) is 0 Å². The van der Waals surface area contributed by atoms with Crippen LogP contribution < -0.4 is 15.4 Å². The first-order chi connectivity index (χ1) is 22.6. The van der Waals surface area contributed by atoms with E-state index in [0.29, 0.717) is 28.1 Å². The number of hydrogen-bond acceptors (Lipinski definition) is 7. The number of amides is 2. The quantitative estimate of drug-likeness (QED) is 0.125. The third-order valence-electron chi connectivity index (χ3n) is 7.35. The summed E-state index contributed by atoms with van der Waals surface area (Å²) < 4.78 is 29.5. The molecule has 1 aromatic heterocycles. The Hall–Kier alpha value is -5.65. The summed E-state index contributed by atoms with van der Waals surface area (Å²) in [6, 6.07) is 35.2. The molecular weight excluding hydrogens is 614 g/mol. The Kier molecular flexibility index (Phi) is 10.2. The number of anilines is 1. The van der Waals surface area contributed by atoms with Gasteiger partial charge in [-0.3, -0.25) is 20.5 Å². The number of benzene rings is 4. The Morgan fingerprint density at radius 2 is 1.57 bits per heavy atom. The van der Waals surface area contributed by atoms with Gasteiger partial charge in [0.15, 0.2) is 0 Å². The first-order valence-electron chi connectivity index (χ1n) is 14.7. The summed E-state index contributed by atoms with van der Waals surface area (Å²) in [6.45, 7) is 1.91. The number of hydrogen-bond donors (Lipinski definition) is 3. The van der Waals surface area contributed by atoms with E-state index in [1.165, 1.54) is 6.07 Å². The normalized spacial score (nSPS) is 11.7. The van der Waals surface area contributed by atoms with Crippen molar-refractivity contribution in [2.45, 2.75) is 30.9 Å². The van der Waals surface area contributed by atoms with Gasteiger partial charge in [-0.25, -0.2) is 18.4 Å². The largest absolute Gasteiger partial charge is 0.440 e. The first kappa shape index (κ1) is 32.7. The number of sulfonamides is 1. The number of rotatable bonds is 10. The van der Waals surface area contributed by atoms with Crippen molar-refractivity contribution in [1.82, 2.24) is 10.3 Å². The second kappa shape index (κ2) is 14.6. The highest BCUT2D eigenvalue weighted by Crippen LogP contribution is 2.27. The SMILES string of the molecule is CC(OC(=O)NC(=N)c1cccc(CN(C(=O)Cc2ccc(-c3ccccc3S(N)(=O)=O)cc2)c2ccccc2)c1)c1ccccn1. The summed E-state index contributed by atoms with van der Waals surface area (Å²) in [7, 11) is -3.92. The van der Waals surface area contributed by atoms with Gasteiger partial charge in [0.2, 0.25) is 15.9 Å². The molecule has 0 spiro atoms. The second-order valence-corrected chi connectivity index (χ2v) is 12.3. The topological polar surface area (TPSA) is 156 Å². The molecule has 11 heteroatoms. The summed E-state index contributed by atoms with van der Waals surface area (Å²) in [5.74, 6) is -0.314. The van der Waals surface area contributed by atoms with Gasteiger partial charge in [0.05, 0.1) is 23.6 Å². The van der Waals surface area contributed by atoms with Gasteiger partial charge in [-0.1, -0.05) is 84.9 Å². The molecule has 2 amide bonds. The van der Waals surface area contributed by atoms with E-state index in [2.05, 4.69) is 10.3 Å². The minimum atomic E-state index is -3.92. The second-order valence-electron chi connectivity index (χ2n) is 10.7. The van der Waals surface area contributed by atoms with Crippen LogP contribution in [-0.4, -0.2) is 31.2 Å². The van der Waals surface area contributed by atoms with Crippen molar-refractivity contribution in [3.63, 3.8) is 0 Å². The highest BCUT2D eigenvalue weighted by molar-refractivity contribution is 7.89. The van der Waals surface area contributed by atoms with E-state index in [1.54, 1.807) is 96.9 Å². The number of aromatic nitrogens is 1. The number of carbonyl (C=O) groups is 2. The van der Waals surface area contributed by atoms with Gasteiger partial charge in [0.1, 0.15) is 11.9 Å². The van der Waals surface area contributed by atoms with Gasteiger partial charge >= 0.3 is 6.09 Å². The van der Waals surface area contributed by atoms with Crippen LogP contribution in [0.15, 0.2) is 132 Å². The van der Waals surface area contributed by atoms with Crippen molar-refractivity contribution in [3.05, 3.63) is 150 Å². The average Bonchev–Trinajstić information content (AvgIpc) is 3.08. The molecule has 4 N–H and O–H groups in total. The molecule has 4 aromatic carbocycles. The Bertz CT molecular complexity index is 1990. The van der Waals surface area contributed by atoms with Crippen molar-refractivity contribution < 1.29 is 22.7 Å². The zero-order valence-electron chi connectivity index (χ0n) is 25.5. The predicted octanol–water partition coefficient (Wildman–Crippen LogP) is 5.98. The van der Waals surface area contributed by atoms with Gasteiger partial charge in [-0.05, 0) is 60.0 Å². The average molecular weight is 648 g/mol. The molecule has 0 aliphatic carbocycles. The molecule has 1 heterocycles. The van der Waals surface area contributed by atoms with Crippen molar-refractivity contribution >= 4 is 33.5 Å². The molecule has 1 unspecified atom stereocenters. The number of nitrogens with one attached hydrogen (secondary N) is 2. The van der Waals surface area contributed by atoms with E-state index in [1.807, 2.05) is 36.4 Å². The van der Waals surface area contributed by atoms with E-state index < -0.39 is 22.2 Å². The fraction of sp³-hybridized carbons (Fsp3) is 0.111. The predicted molar refractivity (Wildman–Crippen MR) is 180 cm³/mol. The fourth-order valence-corrected chi connectivity index (χ4v) is 5.77. The molecule has 1 atom stereocenters. The van der Waals surface area contributed by atoms with Crippen LogP contribution in [-0.2, 0) is 32.5 Å². The molecule has 47 heavy (non-hydrogen) atoms. The fourth-order valence-electron chi connectivity index (χ4n) is 5.01. The maximum absolute atomic E-state index is 13.8. The molecule has 0 saturated heterocycles. The highest BCUT2D eigenvalue weighted by Gasteiger charge is 2.19. The van der Waals surface area contributed by atoms with Crippen LogP contribution in [0.4, 0.5) is 10.5 Å². The lowest BCUT2D eigenvalue weighted by atomic mass is 10.0. The maximum atomic E-state index is 13.8. The van der Waals surface area contributed by atoms with Crippen molar-refractivity contribution in [3.8, 4) is 11.1 Å². The third kappa shape index (κ3) is 8.54. The van der Waals surface area contributed by atoms with Crippen molar-refractivity contribution in [2.75, 3.05) is 4.90 Å². The molecule has 0 aliphatic heterocycles.